The van der Waals surface area contributed by atoms with Crippen molar-refractivity contribution >= 4 is 11.4 Å². The first-order valence-electron chi connectivity index (χ1n) is 8.15. The summed E-state index contributed by atoms with van der Waals surface area (Å²) >= 11 is 0. The van der Waals surface area contributed by atoms with E-state index in [1.165, 1.54) is 6.07 Å². The molecule has 0 spiro atoms. The Morgan fingerprint density at radius 1 is 1.04 bits per heavy atom. The predicted octanol–water partition coefficient (Wildman–Crippen LogP) is 3.91. The summed E-state index contributed by atoms with van der Waals surface area (Å²) in [5.41, 5.74) is 2.10. The highest BCUT2D eigenvalue weighted by Gasteiger charge is 2.24. The normalized spacial score (nSPS) is 14.0. The third kappa shape index (κ3) is 2.96. The molecule has 2 heterocycles. The van der Waals surface area contributed by atoms with Gasteiger partial charge in [0, 0.05) is 30.3 Å². The lowest BCUT2D eigenvalue weighted by atomic mass is 10.1. The largest absolute Gasteiger partial charge is 0.366 e. The molecule has 7 heteroatoms. The molecule has 1 aliphatic heterocycles. The number of benzene rings is 2. The lowest BCUT2D eigenvalue weighted by molar-refractivity contribution is -0.384. The highest BCUT2D eigenvalue weighted by atomic mass is 16.6. The molecule has 0 unspecified atom stereocenters. The van der Waals surface area contributed by atoms with E-state index in [-0.39, 0.29) is 16.5 Å². The molecule has 1 aromatic heterocycles. The van der Waals surface area contributed by atoms with E-state index in [1.807, 2.05) is 35.2 Å². The molecule has 3 aromatic rings. The van der Waals surface area contributed by atoms with Crippen LogP contribution in [0.4, 0.5) is 11.4 Å². The number of nitrogens with zero attached hydrogens (tertiary/aromatic N) is 4. The molecule has 1 aliphatic rings. The molecule has 0 radical (unpaired) electrons. The van der Waals surface area contributed by atoms with Gasteiger partial charge in [0.25, 0.3) is 11.6 Å². The van der Waals surface area contributed by atoms with Crippen LogP contribution in [0.25, 0.3) is 22.8 Å². The van der Waals surface area contributed by atoms with E-state index >= 15 is 0 Å². The van der Waals surface area contributed by atoms with Crippen molar-refractivity contribution in [2.24, 2.45) is 0 Å². The summed E-state index contributed by atoms with van der Waals surface area (Å²) in [6.07, 6.45) is 2.12. The van der Waals surface area contributed by atoms with E-state index in [9.17, 15) is 10.1 Å². The molecular formula is C18H16N4O3. The first-order chi connectivity index (χ1) is 12.2. The summed E-state index contributed by atoms with van der Waals surface area (Å²) < 4.78 is 5.31. The van der Waals surface area contributed by atoms with Crippen molar-refractivity contribution in [2.45, 2.75) is 12.8 Å². The molecule has 4 rings (SSSR count). The van der Waals surface area contributed by atoms with Crippen LogP contribution in [0.15, 0.2) is 53.1 Å². The van der Waals surface area contributed by atoms with Gasteiger partial charge in [0.2, 0.25) is 5.82 Å². The highest BCUT2D eigenvalue weighted by molar-refractivity contribution is 5.71. The summed E-state index contributed by atoms with van der Waals surface area (Å²) in [5.74, 6) is 0.733. The molecule has 0 saturated carbocycles. The van der Waals surface area contributed by atoms with Crippen molar-refractivity contribution in [3.63, 3.8) is 0 Å². The van der Waals surface area contributed by atoms with Crippen LogP contribution in [0.1, 0.15) is 12.8 Å². The maximum Gasteiger partial charge on any atom is 0.293 e. The van der Waals surface area contributed by atoms with E-state index in [1.54, 1.807) is 12.1 Å². The smallest absolute Gasteiger partial charge is 0.293 e. The standard InChI is InChI=1S/C18H16N4O3/c23-22(24)16-12-14(8-9-15(16)21-10-4-5-11-21)18-19-17(20-25-18)13-6-2-1-3-7-13/h1-3,6-9,12H,4-5,10-11H2. The number of nitro benzene ring substituents is 1. The zero-order valence-corrected chi connectivity index (χ0v) is 13.5. The third-order valence-corrected chi connectivity index (χ3v) is 4.32. The van der Waals surface area contributed by atoms with Gasteiger partial charge >= 0.3 is 0 Å². The Hall–Kier alpha value is -3.22. The van der Waals surface area contributed by atoms with Crippen LogP contribution in [0.3, 0.4) is 0 Å². The monoisotopic (exact) mass is 336 g/mol. The van der Waals surface area contributed by atoms with Crippen LogP contribution in [0, 0.1) is 10.1 Å². The zero-order valence-electron chi connectivity index (χ0n) is 13.5. The van der Waals surface area contributed by atoms with Gasteiger partial charge < -0.3 is 9.42 Å². The van der Waals surface area contributed by atoms with Gasteiger partial charge in [0.05, 0.1) is 4.92 Å². The maximum atomic E-state index is 11.5. The van der Waals surface area contributed by atoms with Crippen LogP contribution in [0.5, 0.6) is 0 Å². The van der Waals surface area contributed by atoms with E-state index in [2.05, 4.69) is 10.1 Å². The van der Waals surface area contributed by atoms with Crippen molar-refractivity contribution in [2.75, 3.05) is 18.0 Å². The number of rotatable bonds is 4. The van der Waals surface area contributed by atoms with Crippen LogP contribution in [-0.2, 0) is 0 Å². The Kier molecular flexibility index (Phi) is 3.89. The molecule has 0 atom stereocenters. The van der Waals surface area contributed by atoms with E-state index < -0.39 is 0 Å². The summed E-state index contributed by atoms with van der Waals surface area (Å²) in [6.45, 7) is 1.69. The van der Waals surface area contributed by atoms with E-state index in [0.717, 1.165) is 31.5 Å². The predicted molar refractivity (Wildman–Crippen MR) is 93.3 cm³/mol. The van der Waals surface area contributed by atoms with E-state index in [0.29, 0.717) is 17.1 Å². The molecule has 1 fully saturated rings. The molecule has 0 bridgehead atoms. The lowest BCUT2D eigenvalue weighted by Crippen LogP contribution is -2.18. The van der Waals surface area contributed by atoms with Gasteiger partial charge in [-0.1, -0.05) is 35.5 Å². The van der Waals surface area contributed by atoms with Gasteiger partial charge in [-0.2, -0.15) is 4.98 Å². The van der Waals surface area contributed by atoms with Gasteiger partial charge in [-0.15, -0.1) is 0 Å². The average Bonchev–Trinajstić information content (AvgIpc) is 3.34. The molecule has 7 nitrogen and oxygen atoms in total. The Morgan fingerprint density at radius 3 is 2.52 bits per heavy atom. The second-order valence-corrected chi connectivity index (χ2v) is 5.94. The molecule has 126 valence electrons. The van der Waals surface area contributed by atoms with Crippen molar-refractivity contribution in [1.82, 2.24) is 10.1 Å². The molecule has 1 saturated heterocycles. The zero-order chi connectivity index (χ0) is 17.2. The minimum atomic E-state index is -0.356. The summed E-state index contributed by atoms with van der Waals surface area (Å²) in [7, 11) is 0. The van der Waals surface area contributed by atoms with Gasteiger partial charge in [-0.05, 0) is 25.0 Å². The number of hydrogen-bond donors (Lipinski definition) is 0. The maximum absolute atomic E-state index is 11.5. The van der Waals surface area contributed by atoms with Crippen molar-refractivity contribution in [3.05, 3.63) is 58.6 Å². The lowest BCUT2D eigenvalue weighted by Gasteiger charge is -2.17. The number of aromatic nitrogens is 2. The highest BCUT2D eigenvalue weighted by Crippen LogP contribution is 2.34. The first kappa shape index (κ1) is 15.3. The minimum Gasteiger partial charge on any atom is -0.366 e. The van der Waals surface area contributed by atoms with Gasteiger partial charge in [0.1, 0.15) is 5.69 Å². The van der Waals surface area contributed by atoms with Crippen molar-refractivity contribution < 1.29 is 9.45 Å². The Balaban J connectivity index is 1.70. The van der Waals surface area contributed by atoms with Gasteiger partial charge in [-0.3, -0.25) is 10.1 Å². The fourth-order valence-electron chi connectivity index (χ4n) is 3.07. The van der Waals surface area contributed by atoms with Crippen LogP contribution in [0.2, 0.25) is 0 Å². The number of anilines is 1. The molecular weight excluding hydrogens is 320 g/mol. The summed E-state index contributed by atoms with van der Waals surface area (Å²) in [5, 5.41) is 15.5. The van der Waals surface area contributed by atoms with Gasteiger partial charge in [0.15, 0.2) is 0 Å². The quantitative estimate of drug-likeness (QED) is 0.530. The Bertz CT molecular complexity index is 902. The second kappa shape index (κ2) is 6.35. The van der Waals surface area contributed by atoms with Crippen LogP contribution >= 0.6 is 0 Å². The topological polar surface area (TPSA) is 85.3 Å². The number of nitro groups is 1. The van der Waals surface area contributed by atoms with Crippen molar-refractivity contribution in [1.29, 1.82) is 0 Å². The van der Waals surface area contributed by atoms with Crippen LogP contribution in [-0.4, -0.2) is 28.2 Å². The first-order valence-corrected chi connectivity index (χ1v) is 8.15. The minimum absolute atomic E-state index is 0.0684. The average molecular weight is 336 g/mol. The Morgan fingerprint density at radius 2 is 1.80 bits per heavy atom. The second-order valence-electron chi connectivity index (χ2n) is 5.94. The summed E-state index contributed by atoms with van der Waals surface area (Å²) in [6, 6.07) is 14.5. The van der Waals surface area contributed by atoms with Crippen molar-refractivity contribution in [3.8, 4) is 22.8 Å². The molecule has 0 N–H and O–H groups in total. The summed E-state index contributed by atoms with van der Waals surface area (Å²) in [4.78, 5) is 17.6. The Labute approximate surface area is 144 Å². The third-order valence-electron chi connectivity index (χ3n) is 4.32. The molecule has 2 aromatic carbocycles. The molecule has 0 amide bonds. The van der Waals surface area contributed by atoms with Gasteiger partial charge in [-0.25, -0.2) is 0 Å². The number of hydrogen-bond acceptors (Lipinski definition) is 6. The fourth-order valence-corrected chi connectivity index (χ4v) is 3.07. The van der Waals surface area contributed by atoms with Crippen LogP contribution < -0.4 is 4.90 Å². The fraction of sp³-hybridized carbons (Fsp3) is 0.222. The van der Waals surface area contributed by atoms with E-state index in [4.69, 9.17) is 4.52 Å². The SMILES string of the molecule is O=[N+]([O-])c1cc(-c2nc(-c3ccccc3)no2)ccc1N1CCCC1. The molecule has 25 heavy (non-hydrogen) atoms. The molecule has 0 aliphatic carbocycles.